The summed E-state index contributed by atoms with van der Waals surface area (Å²) >= 11 is 0. The maximum absolute atomic E-state index is 13.0. The van der Waals surface area contributed by atoms with Crippen LogP contribution in [0.4, 0.5) is 4.79 Å². The second-order valence-electron chi connectivity index (χ2n) is 9.28. The Morgan fingerprint density at radius 2 is 2.00 bits per heavy atom. The number of nitrogens with one attached hydrogen (secondary N) is 1. The van der Waals surface area contributed by atoms with Crippen molar-refractivity contribution in [3.05, 3.63) is 30.2 Å². The second kappa shape index (κ2) is 7.66. The molecule has 2 aromatic rings. The highest BCUT2D eigenvalue weighted by atomic mass is 16.3. The van der Waals surface area contributed by atoms with Crippen molar-refractivity contribution in [2.45, 2.75) is 56.9 Å². The van der Waals surface area contributed by atoms with Crippen LogP contribution in [-0.4, -0.2) is 57.8 Å². The van der Waals surface area contributed by atoms with E-state index in [0.29, 0.717) is 37.7 Å². The number of imide groups is 1. The summed E-state index contributed by atoms with van der Waals surface area (Å²) in [5.74, 6) is 0.766. The molecule has 8 heteroatoms. The van der Waals surface area contributed by atoms with E-state index >= 15 is 0 Å². The fourth-order valence-electron chi connectivity index (χ4n) is 5.12. The fourth-order valence-corrected chi connectivity index (χ4v) is 5.12. The first-order valence-electron chi connectivity index (χ1n) is 11.2. The molecule has 0 bridgehead atoms. The van der Waals surface area contributed by atoms with Gasteiger partial charge in [0.05, 0.1) is 5.92 Å². The number of piperidine rings is 1. The van der Waals surface area contributed by atoms with Crippen LogP contribution in [0, 0.1) is 5.92 Å². The van der Waals surface area contributed by atoms with E-state index in [1.807, 2.05) is 24.3 Å². The quantitative estimate of drug-likeness (QED) is 0.764. The van der Waals surface area contributed by atoms with E-state index in [1.54, 1.807) is 4.90 Å². The molecule has 164 valence electrons. The molecular formula is C23H28N4O4. The lowest BCUT2D eigenvalue weighted by molar-refractivity contribution is -0.140. The van der Waals surface area contributed by atoms with Gasteiger partial charge in [-0.3, -0.25) is 14.5 Å². The Morgan fingerprint density at radius 3 is 2.77 bits per heavy atom. The van der Waals surface area contributed by atoms with Crippen molar-refractivity contribution in [3.63, 3.8) is 0 Å². The zero-order chi connectivity index (χ0) is 21.6. The van der Waals surface area contributed by atoms with Gasteiger partial charge in [-0.25, -0.2) is 9.78 Å². The lowest BCUT2D eigenvalue weighted by atomic mass is 9.77. The molecule has 3 fully saturated rings. The van der Waals surface area contributed by atoms with Crippen molar-refractivity contribution in [2.24, 2.45) is 5.92 Å². The van der Waals surface area contributed by atoms with Gasteiger partial charge in [-0.2, -0.15) is 0 Å². The van der Waals surface area contributed by atoms with Gasteiger partial charge in [0.1, 0.15) is 17.6 Å². The SMILES string of the molecule is CC1CCC2(CC1)NC(=O)N(CC(=O)N1CCCC(c3nc4ccccc4o3)C1)C2=O. The lowest BCUT2D eigenvalue weighted by Gasteiger charge is -2.34. The molecule has 1 saturated carbocycles. The van der Waals surface area contributed by atoms with E-state index in [9.17, 15) is 14.4 Å². The molecule has 3 aliphatic rings. The number of benzene rings is 1. The van der Waals surface area contributed by atoms with Gasteiger partial charge in [-0.1, -0.05) is 19.1 Å². The molecule has 5 rings (SSSR count). The summed E-state index contributed by atoms with van der Waals surface area (Å²) in [5, 5.41) is 2.89. The number of urea groups is 1. The minimum absolute atomic E-state index is 0.0133. The molecular weight excluding hydrogens is 396 g/mol. The standard InChI is InChI=1S/C23H28N4O4/c1-15-8-10-23(11-9-15)21(29)27(22(30)25-23)14-19(28)26-12-4-5-16(13-26)20-24-17-6-2-3-7-18(17)31-20/h2-3,6-7,15-16H,4-5,8-14H2,1H3,(H,25,30). The Labute approximate surface area is 181 Å². The van der Waals surface area contributed by atoms with E-state index in [4.69, 9.17) is 4.42 Å². The number of nitrogens with zero attached hydrogens (tertiary/aromatic N) is 3. The Kier molecular flexibility index (Phi) is 4.95. The first-order chi connectivity index (χ1) is 14.9. The van der Waals surface area contributed by atoms with Gasteiger partial charge >= 0.3 is 6.03 Å². The summed E-state index contributed by atoms with van der Waals surface area (Å²) in [7, 11) is 0. The van der Waals surface area contributed by atoms with Crippen molar-refractivity contribution in [1.82, 2.24) is 20.1 Å². The second-order valence-corrected chi connectivity index (χ2v) is 9.28. The van der Waals surface area contributed by atoms with Gasteiger partial charge in [0, 0.05) is 13.1 Å². The monoisotopic (exact) mass is 424 g/mol. The molecule has 1 unspecified atom stereocenters. The van der Waals surface area contributed by atoms with Gasteiger partial charge in [0.15, 0.2) is 11.5 Å². The number of amides is 4. The normalized spacial score (nSPS) is 29.1. The third-order valence-corrected chi connectivity index (χ3v) is 7.10. The lowest BCUT2D eigenvalue weighted by Crippen LogP contribution is -2.50. The van der Waals surface area contributed by atoms with Crippen LogP contribution in [0.1, 0.15) is 57.3 Å². The van der Waals surface area contributed by atoms with Crippen LogP contribution >= 0.6 is 0 Å². The first-order valence-corrected chi connectivity index (χ1v) is 11.2. The zero-order valence-corrected chi connectivity index (χ0v) is 17.8. The zero-order valence-electron chi connectivity index (χ0n) is 17.8. The van der Waals surface area contributed by atoms with Crippen molar-refractivity contribution < 1.29 is 18.8 Å². The van der Waals surface area contributed by atoms with E-state index in [1.165, 1.54) is 0 Å². The van der Waals surface area contributed by atoms with Crippen LogP contribution in [-0.2, 0) is 9.59 Å². The topological polar surface area (TPSA) is 95.8 Å². The Balaban J connectivity index is 1.26. The van der Waals surface area contributed by atoms with Crippen LogP contribution in [0.15, 0.2) is 28.7 Å². The highest BCUT2D eigenvalue weighted by molar-refractivity contribution is 6.09. The minimum Gasteiger partial charge on any atom is -0.440 e. The van der Waals surface area contributed by atoms with Crippen molar-refractivity contribution in [1.29, 1.82) is 0 Å². The van der Waals surface area contributed by atoms with Crippen LogP contribution < -0.4 is 5.32 Å². The number of oxazole rings is 1. The molecule has 3 heterocycles. The van der Waals surface area contributed by atoms with Gasteiger partial charge in [0.2, 0.25) is 5.91 Å². The maximum Gasteiger partial charge on any atom is 0.325 e. The van der Waals surface area contributed by atoms with Crippen molar-refractivity contribution in [3.8, 4) is 0 Å². The predicted molar refractivity (Wildman–Crippen MR) is 113 cm³/mol. The summed E-state index contributed by atoms with van der Waals surface area (Å²) in [4.78, 5) is 46.0. The average Bonchev–Trinajstić information content (AvgIpc) is 3.31. The fraction of sp³-hybridized carbons (Fsp3) is 0.565. The van der Waals surface area contributed by atoms with Crippen LogP contribution in [0.3, 0.4) is 0 Å². The molecule has 1 atom stereocenters. The van der Waals surface area contributed by atoms with Gasteiger partial charge in [0.25, 0.3) is 5.91 Å². The summed E-state index contributed by atoms with van der Waals surface area (Å²) in [6, 6.07) is 7.18. The molecule has 2 saturated heterocycles. The molecule has 1 spiro atoms. The summed E-state index contributed by atoms with van der Waals surface area (Å²) in [6.45, 7) is 3.06. The van der Waals surface area contributed by atoms with Crippen molar-refractivity contribution in [2.75, 3.05) is 19.6 Å². The van der Waals surface area contributed by atoms with E-state index < -0.39 is 11.6 Å². The number of hydrogen-bond acceptors (Lipinski definition) is 5. The number of carbonyl (C=O) groups is 3. The summed E-state index contributed by atoms with van der Waals surface area (Å²) in [6.07, 6.45) is 4.83. The molecule has 4 amide bonds. The Hall–Kier alpha value is -2.90. The average molecular weight is 425 g/mol. The first kappa shape index (κ1) is 20.0. The third kappa shape index (κ3) is 3.58. The highest BCUT2D eigenvalue weighted by Crippen LogP contribution is 2.36. The number of aromatic nitrogens is 1. The largest absolute Gasteiger partial charge is 0.440 e. The molecule has 1 N–H and O–H groups in total. The number of rotatable bonds is 3. The number of carbonyl (C=O) groups excluding carboxylic acids is 3. The maximum atomic E-state index is 13.0. The summed E-state index contributed by atoms with van der Waals surface area (Å²) in [5.41, 5.74) is 0.742. The Bertz CT molecular complexity index is 991. The number of likely N-dealkylation sites (tertiary alicyclic amines) is 1. The van der Waals surface area contributed by atoms with Crippen LogP contribution in [0.5, 0.6) is 0 Å². The predicted octanol–water partition coefficient (Wildman–Crippen LogP) is 3.03. The van der Waals surface area contributed by atoms with Gasteiger partial charge in [-0.05, 0) is 56.6 Å². The molecule has 0 radical (unpaired) electrons. The van der Waals surface area contributed by atoms with Gasteiger partial charge in [-0.15, -0.1) is 0 Å². The van der Waals surface area contributed by atoms with E-state index in [0.717, 1.165) is 41.7 Å². The number of para-hydroxylation sites is 2. The summed E-state index contributed by atoms with van der Waals surface area (Å²) < 4.78 is 5.91. The molecule has 31 heavy (non-hydrogen) atoms. The number of fused-ring (bicyclic) bond motifs is 1. The van der Waals surface area contributed by atoms with Crippen molar-refractivity contribution >= 4 is 28.9 Å². The minimum atomic E-state index is -0.813. The van der Waals surface area contributed by atoms with Crippen LogP contribution in [0.2, 0.25) is 0 Å². The smallest absolute Gasteiger partial charge is 0.325 e. The third-order valence-electron chi connectivity index (χ3n) is 7.10. The molecule has 1 aromatic heterocycles. The molecule has 2 aliphatic heterocycles. The van der Waals surface area contributed by atoms with Crippen LogP contribution in [0.25, 0.3) is 11.1 Å². The molecule has 1 aromatic carbocycles. The highest BCUT2D eigenvalue weighted by Gasteiger charge is 2.52. The molecule has 8 nitrogen and oxygen atoms in total. The number of hydrogen-bond donors (Lipinski definition) is 1. The van der Waals surface area contributed by atoms with E-state index in [2.05, 4.69) is 17.2 Å². The van der Waals surface area contributed by atoms with Gasteiger partial charge < -0.3 is 14.6 Å². The molecule has 1 aliphatic carbocycles. The van der Waals surface area contributed by atoms with E-state index in [-0.39, 0.29) is 24.3 Å². The Morgan fingerprint density at radius 1 is 1.23 bits per heavy atom.